The first-order valence-corrected chi connectivity index (χ1v) is 11.7. The van der Waals surface area contributed by atoms with Crippen LogP contribution >= 0.6 is 0 Å². The van der Waals surface area contributed by atoms with Crippen LogP contribution in [0.25, 0.3) is 0 Å². The molecule has 11 heteroatoms. The molecule has 194 valence electrons. The molecule has 1 aromatic heterocycles. The normalized spacial score (nSPS) is 23.0. The van der Waals surface area contributed by atoms with Crippen molar-refractivity contribution in [3.8, 4) is 0 Å². The number of ether oxygens (including phenoxy) is 3. The highest BCUT2D eigenvalue weighted by Gasteiger charge is 2.60. The number of rotatable bonds is 10. The number of nitrogens with one attached hydrogen (secondary N) is 1. The average Bonchev–Trinajstić information content (AvgIpc) is 3.19. The Bertz CT molecular complexity index is 1320. The topological polar surface area (TPSA) is 143 Å². The molecule has 1 aliphatic rings. The molecule has 1 saturated carbocycles. The van der Waals surface area contributed by atoms with Crippen LogP contribution in [-0.4, -0.2) is 45.3 Å². The lowest BCUT2D eigenvalue weighted by Gasteiger charge is -2.27. The maximum Gasteiger partial charge on any atom is 0.328 e. The third-order valence-electron chi connectivity index (χ3n) is 6.34. The van der Waals surface area contributed by atoms with Gasteiger partial charge >= 0.3 is 11.7 Å². The molecule has 0 amide bonds. The third-order valence-corrected chi connectivity index (χ3v) is 6.34. The van der Waals surface area contributed by atoms with E-state index in [0.29, 0.717) is 0 Å². The van der Waals surface area contributed by atoms with Crippen LogP contribution in [-0.2, 0) is 32.2 Å². The van der Waals surface area contributed by atoms with Crippen molar-refractivity contribution in [2.24, 2.45) is 5.92 Å². The Balaban J connectivity index is 1.76. The number of nitro groups is 1. The summed E-state index contributed by atoms with van der Waals surface area (Å²) in [5, 5.41) is 12.4. The van der Waals surface area contributed by atoms with Crippen LogP contribution in [0.3, 0.4) is 0 Å². The molecule has 0 saturated heterocycles. The predicted molar refractivity (Wildman–Crippen MR) is 131 cm³/mol. The molecule has 1 heterocycles. The standard InChI is InChI=1S/C26H27N3O8/c1-17(30)35-16-20-22(29(33)34)23(28-13-12-21(31)27-26(28)32)25(37-15-19-10-6-3-7-11-19)24(20)36-14-18-8-4-2-5-9-18/h2-13,20,22-25H,14-16H2,1H3,(H,27,31,32)/t20-,22-,23+,24+,25+/m0/s1. The van der Waals surface area contributed by atoms with E-state index in [1.54, 1.807) is 0 Å². The summed E-state index contributed by atoms with van der Waals surface area (Å²) in [5.74, 6) is -1.54. The van der Waals surface area contributed by atoms with Crippen molar-refractivity contribution < 1.29 is 23.9 Å². The van der Waals surface area contributed by atoms with Crippen molar-refractivity contribution in [2.75, 3.05) is 6.61 Å². The summed E-state index contributed by atoms with van der Waals surface area (Å²) in [5.41, 5.74) is 0.204. The summed E-state index contributed by atoms with van der Waals surface area (Å²) in [6, 6.07) is 17.0. The predicted octanol–water partition coefficient (Wildman–Crippen LogP) is 2.09. The average molecular weight is 510 g/mol. The second kappa shape index (κ2) is 11.8. The zero-order valence-corrected chi connectivity index (χ0v) is 20.1. The molecule has 11 nitrogen and oxygen atoms in total. The fourth-order valence-electron chi connectivity index (χ4n) is 4.70. The van der Waals surface area contributed by atoms with E-state index < -0.39 is 52.4 Å². The van der Waals surface area contributed by atoms with E-state index in [-0.39, 0.29) is 19.8 Å². The molecule has 37 heavy (non-hydrogen) atoms. The largest absolute Gasteiger partial charge is 0.465 e. The highest BCUT2D eigenvalue weighted by molar-refractivity contribution is 5.65. The number of esters is 1. The number of carbonyl (C=O) groups is 1. The van der Waals surface area contributed by atoms with E-state index >= 15 is 0 Å². The molecule has 0 unspecified atom stereocenters. The van der Waals surface area contributed by atoms with Gasteiger partial charge in [0, 0.05) is 24.1 Å². The first kappa shape index (κ1) is 26.0. The molecule has 2 aromatic carbocycles. The molecule has 1 N–H and O–H groups in total. The van der Waals surface area contributed by atoms with Gasteiger partial charge in [-0.15, -0.1) is 0 Å². The van der Waals surface area contributed by atoms with Gasteiger partial charge in [-0.05, 0) is 11.1 Å². The van der Waals surface area contributed by atoms with Gasteiger partial charge in [0.2, 0.25) is 6.04 Å². The molecular weight excluding hydrogens is 482 g/mol. The Hall–Kier alpha value is -4.09. The minimum absolute atomic E-state index is 0.0933. The molecule has 0 spiro atoms. The second-order valence-corrected chi connectivity index (χ2v) is 8.77. The minimum Gasteiger partial charge on any atom is -0.465 e. The lowest BCUT2D eigenvalue weighted by molar-refractivity contribution is -0.537. The van der Waals surface area contributed by atoms with Crippen molar-refractivity contribution in [1.29, 1.82) is 0 Å². The van der Waals surface area contributed by atoms with Crippen LogP contribution in [0.2, 0.25) is 0 Å². The van der Waals surface area contributed by atoms with Crippen molar-refractivity contribution in [3.05, 3.63) is 115 Å². The van der Waals surface area contributed by atoms with Crippen LogP contribution in [0.1, 0.15) is 24.1 Å². The number of benzene rings is 2. The minimum atomic E-state index is -1.41. The summed E-state index contributed by atoms with van der Waals surface area (Å²) in [6.07, 6.45) is -0.685. The molecular formula is C26H27N3O8. The molecule has 3 aromatic rings. The van der Waals surface area contributed by atoms with Gasteiger partial charge in [-0.1, -0.05) is 60.7 Å². The van der Waals surface area contributed by atoms with E-state index in [0.717, 1.165) is 21.8 Å². The second-order valence-electron chi connectivity index (χ2n) is 8.77. The number of hydrogen-bond acceptors (Lipinski definition) is 8. The zero-order chi connectivity index (χ0) is 26.4. The van der Waals surface area contributed by atoms with E-state index in [1.165, 1.54) is 13.1 Å². The fourth-order valence-corrected chi connectivity index (χ4v) is 4.70. The van der Waals surface area contributed by atoms with Gasteiger partial charge < -0.3 is 14.2 Å². The molecule has 1 fully saturated rings. The maximum absolute atomic E-state index is 12.8. The highest BCUT2D eigenvalue weighted by Crippen LogP contribution is 2.41. The first-order valence-electron chi connectivity index (χ1n) is 11.7. The quantitative estimate of drug-likeness (QED) is 0.249. The number of carbonyl (C=O) groups excluding carboxylic acids is 1. The van der Waals surface area contributed by atoms with Crippen molar-refractivity contribution in [3.63, 3.8) is 0 Å². The summed E-state index contributed by atoms with van der Waals surface area (Å²) in [6.45, 7) is 1.12. The Labute approximate surface area is 211 Å². The number of aromatic amines is 1. The monoisotopic (exact) mass is 509 g/mol. The van der Waals surface area contributed by atoms with Crippen LogP contribution in [0.15, 0.2) is 82.5 Å². The van der Waals surface area contributed by atoms with Crippen LogP contribution in [0.5, 0.6) is 0 Å². The molecule has 1 aliphatic carbocycles. The van der Waals surface area contributed by atoms with Gasteiger partial charge in [0.25, 0.3) is 5.56 Å². The number of H-pyrrole nitrogens is 1. The number of hydrogen-bond donors (Lipinski definition) is 1. The lowest BCUT2D eigenvalue weighted by Crippen LogP contribution is -2.43. The van der Waals surface area contributed by atoms with E-state index in [2.05, 4.69) is 4.98 Å². The maximum atomic E-state index is 12.8. The number of aromatic nitrogens is 2. The van der Waals surface area contributed by atoms with E-state index in [1.807, 2.05) is 60.7 Å². The van der Waals surface area contributed by atoms with Gasteiger partial charge in [0.15, 0.2) is 0 Å². The Morgan fingerprint density at radius 1 is 0.946 bits per heavy atom. The molecule has 0 bridgehead atoms. The van der Waals surface area contributed by atoms with E-state index in [4.69, 9.17) is 14.2 Å². The van der Waals surface area contributed by atoms with Gasteiger partial charge in [-0.2, -0.15) is 0 Å². The lowest BCUT2D eigenvalue weighted by atomic mass is 10.0. The van der Waals surface area contributed by atoms with Gasteiger partial charge in [0.1, 0.15) is 18.8 Å². The fraction of sp³-hybridized carbons (Fsp3) is 0.346. The summed E-state index contributed by atoms with van der Waals surface area (Å²) < 4.78 is 18.8. The van der Waals surface area contributed by atoms with Crippen molar-refractivity contribution in [2.45, 2.75) is 44.4 Å². The molecule has 0 aliphatic heterocycles. The number of nitrogens with zero attached hydrogens (tertiary/aromatic N) is 2. The van der Waals surface area contributed by atoms with Crippen LogP contribution in [0, 0.1) is 16.0 Å². The Kier molecular flexibility index (Phi) is 8.26. The zero-order valence-electron chi connectivity index (χ0n) is 20.1. The SMILES string of the molecule is CC(=O)OC[C@@H]1[C@@H](OCc2ccccc2)[C@H](OCc2ccccc2)[C@H](n2ccc(=O)[nH]c2=O)[C@H]1[N+](=O)[O-]. The van der Waals surface area contributed by atoms with Crippen LogP contribution < -0.4 is 11.2 Å². The Morgan fingerprint density at radius 3 is 2.03 bits per heavy atom. The van der Waals surface area contributed by atoms with Crippen molar-refractivity contribution >= 4 is 5.97 Å². The first-order chi connectivity index (χ1) is 17.8. The summed E-state index contributed by atoms with van der Waals surface area (Å²) in [7, 11) is 0. The van der Waals surface area contributed by atoms with Crippen LogP contribution in [0.4, 0.5) is 0 Å². The molecule has 5 atom stereocenters. The molecule has 4 rings (SSSR count). The highest BCUT2D eigenvalue weighted by atomic mass is 16.6. The summed E-state index contributed by atoms with van der Waals surface area (Å²) >= 11 is 0. The summed E-state index contributed by atoms with van der Waals surface area (Å²) in [4.78, 5) is 50.2. The van der Waals surface area contributed by atoms with Gasteiger partial charge in [0.05, 0.1) is 25.2 Å². The Morgan fingerprint density at radius 2 is 1.51 bits per heavy atom. The van der Waals surface area contributed by atoms with Gasteiger partial charge in [-0.25, -0.2) is 4.79 Å². The molecule has 0 radical (unpaired) electrons. The third kappa shape index (κ3) is 6.19. The van der Waals surface area contributed by atoms with E-state index in [9.17, 15) is 24.5 Å². The van der Waals surface area contributed by atoms with Crippen molar-refractivity contribution in [1.82, 2.24) is 9.55 Å². The smallest absolute Gasteiger partial charge is 0.328 e. The van der Waals surface area contributed by atoms with Gasteiger partial charge in [-0.3, -0.25) is 29.3 Å².